The number of aromatic nitrogens is 6. The molecule has 7 aliphatic heterocycles. The molecule has 27 heteroatoms. The highest BCUT2D eigenvalue weighted by atomic mass is 16.5. The van der Waals surface area contributed by atoms with Gasteiger partial charge in [0, 0.05) is 159 Å². The van der Waals surface area contributed by atoms with Gasteiger partial charge in [-0.15, -0.1) is 0 Å². The molecule has 7 aliphatic rings. The van der Waals surface area contributed by atoms with Gasteiger partial charge in [-0.2, -0.15) is 15.8 Å². The van der Waals surface area contributed by atoms with Crippen molar-refractivity contribution in [1.82, 2.24) is 40.1 Å². The van der Waals surface area contributed by atoms with Crippen molar-refractivity contribution >= 4 is 69.4 Å². The molecule has 7 saturated heterocycles. The van der Waals surface area contributed by atoms with Gasteiger partial charge in [-0.25, -0.2) is 29.9 Å². The Kier molecular flexibility index (Phi) is 24.1. The van der Waals surface area contributed by atoms with E-state index in [0.717, 1.165) is 145 Å². The lowest BCUT2D eigenvalue weighted by atomic mass is 10.0. The number of anilines is 10. The molecule has 9 aromatic rings. The van der Waals surface area contributed by atoms with E-state index in [0.29, 0.717) is 125 Å². The van der Waals surface area contributed by atoms with Gasteiger partial charge in [0.05, 0.1) is 93.4 Å². The SMILES string of the molecule is N#Cc1cc(-c2nccc(Nc3ccc(N4CCOCC4)cc3)n2)ccc1NC(=O)[C@@H]1CCCN1.N#Cc1cc(Nc2ccnc(-c3ccc(OC4CCOCC4)c(C#N)c3)n2)ccc1OC1CCOCC1.N=Cc1cc(-c2nccc(Nc3ccc(N4CCN(C5COC5)CC4)cc3)n2)ccc1N1CC(O)C1. The summed E-state index contributed by atoms with van der Waals surface area (Å²) < 4.78 is 33.6. The van der Waals surface area contributed by atoms with Crippen LogP contribution in [-0.2, 0) is 23.7 Å². The Morgan fingerprint density at radius 1 is 0.528 bits per heavy atom. The highest BCUT2D eigenvalue weighted by molar-refractivity contribution is 5.96. The maximum atomic E-state index is 12.4. The lowest BCUT2D eigenvalue weighted by Gasteiger charge is -2.43. The van der Waals surface area contributed by atoms with Crippen LogP contribution in [0.3, 0.4) is 0 Å². The van der Waals surface area contributed by atoms with E-state index in [-0.39, 0.29) is 30.3 Å². The maximum Gasteiger partial charge on any atom is 0.241 e. The summed E-state index contributed by atoms with van der Waals surface area (Å²) in [5.41, 5.74) is 10.7. The van der Waals surface area contributed by atoms with Crippen molar-refractivity contribution in [1.29, 1.82) is 21.2 Å². The van der Waals surface area contributed by atoms with Crippen LogP contribution in [0.4, 0.5) is 57.3 Å². The van der Waals surface area contributed by atoms with Crippen LogP contribution in [-0.4, -0.2) is 194 Å². The van der Waals surface area contributed by atoms with E-state index in [1.165, 1.54) is 17.6 Å². The number of nitrogens with zero attached hydrogens (tertiary/aromatic N) is 13. The van der Waals surface area contributed by atoms with Crippen LogP contribution in [0.15, 0.2) is 158 Å². The quantitative estimate of drug-likeness (QED) is 0.0349. The number of carbonyl (C=O) groups is 1. The second-order valence-corrected chi connectivity index (χ2v) is 27.1. The molecule has 0 bridgehead atoms. The lowest BCUT2D eigenvalue weighted by Crippen LogP contribution is -2.56. The van der Waals surface area contributed by atoms with Crippen molar-refractivity contribution in [3.63, 3.8) is 0 Å². The standard InChI is InChI=1S/C28H27N5O4.C27H31N7O2.C26H27N7O2/c29-17-20-15-19(1-3-25(20)36-23-6-11-34-12-7-23)28-31-10-5-27(33-28)32-22-2-4-26(21(16-22)18-30)37-24-8-13-35-14-9-24;28-14-20-13-19(1-6-25(20)34-15-24(35)16-34)27-29-8-7-26(31-27)30-21-2-4-22(5-3-21)32-9-11-33(12-10-32)23-17-36-18-23;27-17-19-16-18(3-8-22(19)31-26(34)23-2-1-10-28-23)25-29-11-9-24(32-25)30-20-4-6-21(7-5-20)33-12-14-35-15-13-33/h1-5,10,15-16,23-24H,6-9,11-14H2,(H,31,32,33);1-8,13-14,23-24,28,35H,9-12,15-18H2,(H,29,30,31);3-9,11,16,23,28H,1-2,10,12-15H2,(H,31,34)(H,29,30,32)/t;;23-/m..0/s1. The van der Waals surface area contributed by atoms with Crippen LogP contribution in [0, 0.1) is 39.4 Å². The summed E-state index contributed by atoms with van der Waals surface area (Å²) in [5.74, 6) is 4.50. The molecular weight excluding hydrogens is 1370 g/mol. The minimum atomic E-state index is -0.291. The van der Waals surface area contributed by atoms with Crippen molar-refractivity contribution in [3.8, 4) is 63.9 Å². The zero-order chi connectivity index (χ0) is 74.0. The number of aliphatic hydroxyl groups is 1. The molecule has 7 fully saturated rings. The zero-order valence-corrected chi connectivity index (χ0v) is 59.9. The predicted molar refractivity (Wildman–Crippen MR) is 412 cm³/mol. The van der Waals surface area contributed by atoms with Crippen LogP contribution < -0.4 is 50.8 Å². The molecule has 108 heavy (non-hydrogen) atoms. The number of β-amino-alcohol motifs (C(OH)–C–C–N with tert-alkyl or cyclic N) is 1. The third kappa shape index (κ3) is 18.7. The number of morpholine rings is 1. The fraction of sp³-hybridized carbons (Fsp3) is 0.346. The number of ether oxygens (including phenoxy) is 6. The summed E-state index contributed by atoms with van der Waals surface area (Å²) >= 11 is 0. The van der Waals surface area contributed by atoms with E-state index in [9.17, 15) is 25.7 Å². The summed E-state index contributed by atoms with van der Waals surface area (Å²) in [6.45, 7) is 14.0. The molecule has 0 spiro atoms. The second kappa shape index (κ2) is 35.6. The van der Waals surface area contributed by atoms with Crippen molar-refractivity contribution in [3.05, 3.63) is 180 Å². The summed E-state index contributed by atoms with van der Waals surface area (Å²) in [6.07, 6.45) is 11.2. The van der Waals surface area contributed by atoms with Gasteiger partial charge in [0.1, 0.15) is 59.4 Å². The van der Waals surface area contributed by atoms with Crippen LogP contribution >= 0.6 is 0 Å². The molecule has 1 atom stereocenters. The lowest BCUT2D eigenvalue weighted by molar-refractivity contribution is -0.117. The second-order valence-electron chi connectivity index (χ2n) is 27.1. The number of amides is 1. The van der Waals surface area contributed by atoms with Crippen LogP contribution in [0.25, 0.3) is 34.2 Å². The van der Waals surface area contributed by atoms with E-state index >= 15 is 0 Å². The largest absolute Gasteiger partial charge is 0.489 e. The van der Waals surface area contributed by atoms with Crippen molar-refractivity contribution in [2.24, 2.45) is 0 Å². The van der Waals surface area contributed by atoms with Gasteiger partial charge < -0.3 is 80.2 Å². The van der Waals surface area contributed by atoms with E-state index in [2.05, 4.69) is 126 Å². The first kappa shape index (κ1) is 73.2. The minimum Gasteiger partial charge on any atom is -0.489 e. The van der Waals surface area contributed by atoms with E-state index in [4.69, 9.17) is 38.8 Å². The fourth-order valence-corrected chi connectivity index (χ4v) is 13.6. The Morgan fingerprint density at radius 2 is 1.01 bits per heavy atom. The molecule has 3 aromatic heterocycles. The number of hydrogen-bond acceptors (Lipinski definition) is 26. The van der Waals surface area contributed by atoms with Crippen molar-refractivity contribution < 1.29 is 38.3 Å². The molecule has 0 unspecified atom stereocenters. The first-order chi connectivity index (χ1) is 53.1. The molecule has 0 aliphatic carbocycles. The van der Waals surface area contributed by atoms with Crippen LogP contribution in [0.5, 0.6) is 11.5 Å². The van der Waals surface area contributed by atoms with Crippen molar-refractivity contribution in [2.45, 2.75) is 68.9 Å². The first-order valence-electron chi connectivity index (χ1n) is 36.7. The van der Waals surface area contributed by atoms with E-state index in [1.54, 1.807) is 67.1 Å². The third-order valence-corrected chi connectivity index (χ3v) is 19.8. The number of benzene rings is 6. The smallest absolute Gasteiger partial charge is 0.241 e. The summed E-state index contributed by atoms with van der Waals surface area (Å²) in [4.78, 5) is 49.0. The average molecular weight is 1450 g/mol. The summed E-state index contributed by atoms with van der Waals surface area (Å²) in [6, 6.07) is 51.0. The van der Waals surface area contributed by atoms with Crippen LogP contribution in [0.1, 0.15) is 60.8 Å². The first-order valence-corrected chi connectivity index (χ1v) is 36.7. The Bertz CT molecular complexity index is 4700. The van der Waals surface area contributed by atoms with E-state index < -0.39 is 0 Å². The van der Waals surface area contributed by atoms with Gasteiger partial charge >= 0.3 is 0 Å². The Hall–Kier alpha value is -11.7. The number of nitrogens with one attached hydrogen (secondary N) is 6. The monoisotopic (exact) mass is 1450 g/mol. The van der Waals surface area contributed by atoms with Gasteiger partial charge in [-0.05, 0) is 159 Å². The molecule has 7 N–H and O–H groups in total. The molecule has 0 saturated carbocycles. The number of nitriles is 3. The number of piperazine rings is 1. The number of carbonyl (C=O) groups excluding carboxylic acids is 1. The Labute approximate surface area is 627 Å². The maximum absolute atomic E-state index is 12.4. The fourth-order valence-electron chi connectivity index (χ4n) is 13.6. The molecule has 6 aromatic carbocycles. The molecule has 10 heterocycles. The van der Waals surface area contributed by atoms with Gasteiger partial charge in [-0.1, -0.05) is 0 Å². The van der Waals surface area contributed by atoms with Gasteiger partial charge in [0.25, 0.3) is 0 Å². The van der Waals surface area contributed by atoms with E-state index in [1.807, 2.05) is 54.6 Å². The molecule has 552 valence electrons. The topological polar surface area (TPSA) is 338 Å². The summed E-state index contributed by atoms with van der Waals surface area (Å²) in [7, 11) is 0. The van der Waals surface area contributed by atoms with Gasteiger partial charge in [0.2, 0.25) is 5.91 Å². The van der Waals surface area contributed by atoms with Crippen LogP contribution in [0.2, 0.25) is 0 Å². The Balaban J connectivity index is 0.000000136. The van der Waals surface area contributed by atoms with Gasteiger partial charge in [-0.3, -0.25) is 9.69 Å². The number of hydrogen-bond donors (Lipinski definition) is 7. The zero-order valence-electron chi connectivity index (χ0n) is 59.9. The average Bonchev–Trinajstić information content (AvgIpc) is 0.956. The number of rotatable bonds is 20. The normalized spacial score (nSPS) is 17.6. The van der Waals surface area contributed by atoms with Crippen molar-refractivity contribution in [2.75, 3.05) is 148 Å². The number of aliphatic hydroxyl groups excluding tert-OH is 1. The molecule has 0 radical (unpaired) electrons. The van der Waals surface area contributed by atoms with Gasteiger partial charge in [0.15, 0.2) is 17.5 Å². The molecule has 16 rings (SSSR count). The molecular formula is C81H85N19O8. The molecule has 1 amide bonds. The highest BCUT2D eigenvalue weighted by Crippen LogP contribution is 2.34. The third-order valence-electron chi connectivity index (χ3n) is 19.8. The molecule has 27 nitrogen and oxygen atoms in total. The summed E-state index contributed by atoms with van der Waals surface area (Å²) in [5, 5.41) is 62.4. The highest BCUT2D eigenvalue weighted by Gasteiger charge is 2.30. The minimum absolute atomic E-state index is 0.0437. The Morgan fingerprint density at radius 3 is 1.52 bits per heavy atom. The predicted octanol–water partition coefficient (Wildman–Crippen LogP) is 10.6.